The molecule has 6 heteroatoms. The summed E-state index contributed by atoms with van der Waals surface area (Å²) in [5, 5.41) is 8.30. The monoisotopic (exact) mass is 294 g/mol. The lowest BCUT2D eigenvalue weighted by Crippen LogP contribution is -2.23. The third-order valence-corrected chi connectivity index (χ3v) is 3.50. The largest absolute Gasteiger partial charge is 0.383 e. The molecule has 0 saturated carbocycles. The van der Waals surface area contributed by atoms with Gasteiger partial charge in [0.15, 0.2) is 0 Å². The van der Waals surface area contributed by atoms with E-state index in [1.807, 2.05) is 23.9 Å². The van der Waals surface area contributed by atoms with E-state index < -0.39 is 0 Å². The molecular formula is C14H19ClN4O. The van der Waals surface area contributed by atoms with Crippen LogP contribution in [0.25, 0.3) is 0 Å². The maximum Gasteiger partial charge on any atom is 0.0834 e. The van der Waals surface area contributed by atoms with Gasteiger partial charge in [-0.25, -0.2) is 0 Å². The Balaban J connectivity index is 2.20. The lowest BCUT2D eigenvalue weighted by Gasteiger charge is -2.18. The zero-order valence-electron chi connectivity index (χ0n) is 11.7. The van der Waals surface area contributed by atoms with Crippen LogP contribution in [0.5, 0.6) is 0 Å². The van der Waals surface area contributed by atoms with E-state index in [2.05, 4.69) is 15.4 Å². The normalized spacial score (nSPS) is 12.6. The molecule has 2 aromatic rings. The van der Waals surface area contributed by atoms with Gasteiger partial charge in [0.1, 0.15) is 0 Å². The molecule has 1 N–H and O–H groups in total. The Kier molecular flexibility index (Phi) is 5.52. The summed E-state index contributed by atoms with van der Waals surface area (Å²) in [6.07, 6.45) is 6.11. The van der Waals surface area contributed by atoms with Crippen LogP contribution in [0.3, 0.4) is 0 Å². The fourth-order valence-electron chi connectivity index (χ4n) is 2.16. The van der Waals surface area contributed by atoms with Crippen molar-refractivity contribution in [3.63, 3.8) is 0 Å². The predicted octanol–water partition coefficient (Wildman–Crippen LogP) is 2.08. The zero-order chi connectivity index (χ0) is 14.4. The minimum absolute atomic E-state index is 0.101. The minimum atomic E-state index is 0.101. The lowest BCUT2D eigenvalue weighted by molar-refractivity contribution is 0.181. The van der Waals surface area contributed by atoms with Gasteiger partial charge in [-0.15, -0.1) is 0 Å². The Morgan fingerprint density at radius 2 is 2.15 bits per heavy atom. The van der Waals surface area contributed by atoms with Gasteiger partial charge < -0.3 is 10.1 Å². The van der Waals surface area contributed by atoms with Crippen molar-refractivity contribution in [2.75, 3.05) is 20.8 Å². The second kappa shape index (κ2) is 7.38. The summed E-state index contributed by atoms with van der Waals surface area (Å²) in [4.78, 5) is 4.04. The molecule has 0 saturated heterocycles. The standard InChI is InChI=1S/C14H19ClN4O/c1-16-13(9-11-3-5-17-6-4-11)14-12(15)10-18-19(14)7-8-20-2/h3-6,10,13,16H,7-9H2,1-2H3. The van der Waals surface area contributed by atoms with Crippen LogP contribution in [0, 0.1) is 0 Å². The highest BCUT2D eigenvalue weighted by Crippen LogP contribution is 2.25. The second-order valence-corrected chi connectivity index (χ2v) is 4.90. The average molecular weight is 295 g/mol. The number of pyridine rings is 1. The molecular weight excluding hydrogens is 276 g/mol. The molecule has 0 spiro atoms. The molecule has 0 radical (unpaired) electrons. The maximum absolute atomic E-state index is 6.29. The first-order valence-electron chi connectivity index (χ1n) is 6.52. The van der Waals surface area contributed by atoms with E-state index in [9.17, 15) is 0 Å². The Morgan fingerprint density at radius 3 is 2.80 bits per heavy atom. The summed E-state index contributed by atoms with van der Waals surface area (Å²) in [7, 11) is 3.60. The van der Waals surface area contributed by atoms with Gasteiger partial charge >= 0.3 is 0 Å². The van der Waals surface area contributed by atoms with E-state index in [0.717, 1.165) is 12.1 Å². The molecule has 1 unspecified atom stereocenters. The fourth-order valence-corrected chi connectivity index (χ4v) is 2.44. The molecule has 2 heterocycles. The highest BCUT2D eigenvalue weighted by atomic mass is 35.5. The number of likely N-dealkylation sites (N-methyl/N-ethyl adjacent to an activating group) is 1. The predicted molar refractivity (Wildman–Crippen MR) is 78.9 cm³/mol. The zero-order valence-corrected chi connectivity index (χ0v) is 12.5. The SMILES string of the molecule is CNC(Cc1ccncc1)c1c(Cl)cnn1CCOC. The van der Waals surface area contributed by atoms with Crippen LogP contribution in [0.2, 0.25) is 5.02 Å². The van der Waals surface area contributed by atoms with Crippen LogP contribution < -0.4 is 5.32 Å². The number of rotatable bonds is 7. The molecule has 0 fully saturated rings. The van der Waals surface area contributed by atoms with Crippen molar-refractivity contribution in [3.05, 3.63) is 47.0 Å². The van der Waals surface area contributed by atoms with Crippen molar-refractivity contribution < 1.29 is 4.74 Å². The van der Waals surface area contributed by atoms with E-state index >= 15 is 0 Å². The number of halogens is 1. The van der Waals surface area contributed by atoms with Gasteiger partial charge in [-0.3, -0.25) is 9.67 Å². The van der Waals surface area contributed by atoms with Gasteiger partial charge in [-0.2, -0.15) is 5.10 Å². The molecule has 2 rings (SSSR count). The lowest BCUT2D eigenvalue weighted by atomic mass is 10.0. The van der Waals surface area contributed by atoms with E-state index in [-0.39, 0.29) is 6.04 Å². The van der Waals surface area contributed by atoms with Crippen LogP contribution in [-0.2, 0) is 17.7 Å². The molecule has 20 heavy (non-hydrogen) atoms. The van der Waals surface area contributed by atoms with Gasteiger partial charge in [0, 0.05) is 19.5 Å². The van der Waals surface area contributed by atoms with E-state index in [4.69, 9.17) is 16.3 Å². The van der Waals surface area contributed by atoms with Crippen LogP contribution in [0.1, 0.15) is 17.3 Å². The molecule has 0 amide bonds. The van der Waals surface area contributed by atoms with E-state index in [1.54, 1.807) is 25.7 Å². The molecule has 1 atom stereocenters. The molecule has 5 nitrogen and oxygen atoms in total. The summed E-state index contributed by atoms with van der Waals surface area (Å²) in [5.41, 5.74) is 2.19. The number of aromatic nitrogens is 3. The number of nitrogens with one attached hydrogen (secondary N) is 1. The van der Waals surface area contributed by atoms with Crippen LogP contribution in [0.15, 0.2) is 30.7 Å². The smallest absolute Gasteiger partial charge is 0.0834 e. The van der Waals surface area contributed by atoms with Gasteiger partial charge in [0.05, 0.1) is 36.1 Å². The average Bonchev–Trinajstić information content (AvgIpc) is 2.84. The number of ether oxygens (including phenoxy) is 1. The number of hydrogen-bond acceptors (Lipinski definition) is 4. The number of nitrogens with zero attached hydrogens (tertiary/aromatic N) is 3. The van der Waals surface area contributed by atoms with E-state index in [1.165, 1.54) is 5.56 Å². The molecule has 0 aliphatic carbocycles. The van der Waals surface area contributed by atoms with Gasteiger partial charge in [-0.05, 0) is 31.2 Å². The van der Waals surface area contributed by atoms with E-state index in [0.29, 0.717) is 18.2 Å². The molecule has 2 aromatic heterocycles. The first-order chi connectivity index (χ1) is 9.76. The summed E-state index contributed by atoms with van der Waals surface area (Å²) in [6.45, 7) is 1.30. The summed E-state index contributed by atoms with van der Waals surface area (Å²) in [5.74, 6) is 0. The third kappa shape index (κ3) is 3.56. The van der Waals surface area contributed by atoms with Crippen molar-refractivity contribution in [2.45, 2.75) is 19.0 Å². The van der Waals surface area contributed by atoms with Crippen molar-refractivity contribution in [1.29, 1.82) is 0 Å². The topological polar surface area (TPSA) is 52.0 Å². The fraction of sp³-hybridized carbons (Fsp3) is 0.429. The highest BCUT2D eigenvalue weighted by molar-refractivity contribution is 6.31. The van der Waals surface area contributed by atoms with Crippen molar-refractivity contribution in [1.82, 2.24) is 20.1 Å². The second-order valence-electron chi connectivity index (χ2n) is 4.49. The Morgan fingerprint density at radius 1 is 1.40 bits per heavy atom. The first-order valence-corrected chi connectivity index (χ1v) is 6.90. The molecule has 0 bridgehead atoms. The number of hydrogen-bond donors (Lipinski definition) is 1. The Bertz CT molecular complexity index is 529. The Hall–Kier alpha value is -1.43. The summed E-state index contributed by atoms with van der Waals surface area (Å²) >= 11 is 6.29. The molecule has 0 aliphatic rings. The molecule has 108 valence electrons. The van der Waals surface area contributed by atoms with Crippen LogP contribution in [0.4, 0.5) is 0 Å². The highest BCUT2D eigenvalue weighted by Gasteiger charge is 2.19. The van der Waals surface area contributed by atoms with Crippen LogP contribution in [-0.4, -0.2) is 35.5 Å². The van der Waals surface area contributed by atoms with Gasteiger partial charge in [0.25, 0.3) is 0 Å². The van der Waals surface area contributed by atoms with Crippen LogP contribution >= 0.6 is 11.6 Å². The Labute approximate surface area is 123 Å². The van der Waals surface area contributed by atoms with Crippen molar-refractivity contribution in [2.24, 2.45) is 0 Å². The summed E-state index contributed by atoms with van der Waals surface area (Å²) in [6, 6.07) is 4.12. The van der Waals surface area contributed by atoms with Crippen molar-refractivity contribution in [3.8, 4) is 0 Å². The molecule has 0 aliphatic heterocycles. The minimum Gasteiger partial charge on any atom is -0.383 e. The first kappa shape index (κ1) is 15.0. The van der Waals surface area contributed by atoms with Gasteiger partial charge in [0.2, 0.25) is 0 Å². The van der Waals surface area contributed by atoms with Crippen molar-refractivity contribution >= 4 is 11.6 Å². The molecule has 0 aromatic carbocycles. The maximum atomic E-state index is 6.29. The quantitative estimate of drug-likeness (QED) is 0.849. The van der Waals surface area contributed by atoms with Gasteiger partial charge in [-0.1, -0.05) is 11.6 Å². The third-order valence-electron chi connectivity index (χ3n) is 3.21. The summed E-state index contributed by atoms with van der Waals surface area (Å²) < 4.78 is 7.01. The number of methoxy groups -OCH3 is 1.